The normalized spacial score (nSPS) is 10.6. The molecule has 26 heavy (non-hydrogen) atoms. The van der Waals surface area contributed by atoms with Crippen molar-refractivity contribution in [3.8, 4) is 28.5 Å². The smallest absolute Gasteiger partial charge is 0.127 e. The Kier molecular flexibility index (Phi) is 4.64. The molecule has 6 heteroatoms. The van der Waals surface area contributed by atoms with Crippen molar-refractivity contribution in [3.63, 3.8) is 0 Å². The predicted octanol–water partition coefficient (Wildman–Crippen LogP) is 4.48. The van der Waals surface area contributed by atoms with Crippen molar-refractivity contribution in [1.82, 2.24) is 15.4 Å². The average molecular weight is 347 g/mol. The topological polar surface area (TPSA) is 73.2 Å². The van der Waals surface area contributed by atoms with Crippen LogP contribution in [-0.2, 0) is 6.42 Å². The molecule has 1 N–H and O–H groups in total. The minimum Gasteiger partial charge on any atom is -0.493 e. The van der Waals surface area contributed by atoms with Crippen LogP contribution >= 0.6 is 0 Å². The Bertz CT molecular complexity index is 916. The highest BCUT2D eigenvalue weighted by molar-refractivity contribution is 5.59. The monoisotopic (exact) mass is 347 g/mol. The first-order valence-corrected chi connectivity index (χ1v) is 8.25. The van der Waals surface area contributed by atoms with Gasteiger partial charge in [-0.05, 0) is 60.2 Å². The van der Waals surface area contributed by atoms with E-state index in [4.69, 9.17) is 14.0 Å². The van der Waals surface area contributed by atoms with Crippen LogP contribution < -0.4 is 9.47 Å². The van der Waals surface area contributed by atoms with Crippen LogP contribution in [-0.4, -0.2) is 22.0 Å². The summed E-state index contributed by atoms with van der Waals surface area (Å²) in [6.07, 6.45) is 5.80. The third-order valence-corrected chi connectivity index (χ3v) is 3.87. The number of nitrogens with one attached hydrogen (secondary N) is 1. The van der Waals surface area contributed by atoms with E-state index in [1.54, 1.807) is 18.7 Å². The summed E-state index contributed by atoms with van der Waals surface area (Å²) in [6, 6.07) is 17.3. The molecule has 0 amide bonds. The Hall–Kier alpha value is -3.54. The summed E-state index contributed by atoms with van der Waals surface area (Å²) < 4.78 is 16.4. The Morgan fingerprint density at radius 3 is 2.27 bits per heavy atom. The largest absolute Gasteiger partial charge is 0.493 e. The van der Waals surface area contributed by atoms with Gasteiger partial charge in [0.15, 0.2) is 0 Å². The fourth-order valence-electron chi connectivity index (χ4n) is 2.50. The second-order valence-corrected chi connectivity index (χ2v) is 5.70. The van der Waals surface area contributed by atoms with Crippen LogP contribution in [0.15, 0.2) is 77.8 Å². The lowest BCUT2D eigenvalue weighted by molar-refractivity contribution is 0.321. The molecule has 2 heterocycles. The molecule has 0 spiro atoms. The first-order valence-electron chi connectivity index (χ1n) is 8.25. The second kappa shape index (κ2) is 7.57. The molecule has 0 unspecified atom stereocenters. The summed E-state index contributed by atoms with van der Waals surface area (Å²) in [5, 5.41) is 10.6. The molecule has 0 aliphatic carbocycles. The molecule has 130 valence electrons. The molecule has 0 fully saturated rings. The zero-order valence-electron chi connectivity index (χ0n) is 14.0. The van der Waals surface area contributed by atoms with Crippen LogP contribution in [0.5, 0.6) is 17.2 Å². The summed E-state index contributed by atoms with van der Waals surface area (Å²) in [5.41, 5.74) is 3.05. The summed E-state index contributed by atoms with van der Waals surface area (Å²) in [7, 11) is 0. The van der Waals surface area contributed by atoms with Crippen LogP contribution in [0.2, 0.25) is 0 Å². The number of nitrogens with zero attached hydrogens (tertiary/aromatic N) is 2. The van der Waals surface area contributed by atoms with Crippen molar-refractivity contribution < 1.29 is 14.0 Å². The molecule has 0 saturated heterocycles. The van der Waals surface area contributed by atoms with Crippen LogP contribution in [0.4, 0.5) is 0 Å². The SMILES string of the molecule is c1cc(-c2ccc(Oc3ccc(OCCc4cnoc4)cc3)cc2)[nH]n1. The molecule has 0 aliphatic heterocycles. The second-order valence-electron chi connectivity index (χ2n) is 5.70. The van der Waals surface area contributed by atoms with Crippen molar-refractivity contribution in [2.24, 2.45) is 0 Å². The van der Waals surface area contributed by atoms with E-state index >= 15 is 0 Å². The van der Waals surface area contributed by atoms with Gasteiger partial charge < -0.3 is 14.0 Å². The Balaban J connectivity index is 1.32. The van der Waals surface area contributed by atoms with Gasteiger partial charge >= 0.3 is 0 Å². The van der Waals surface area contributed by atoms with Crippen LogP contribution in [0, 0.1) is 0 Å². The molecule has 0 aliphatic rings. The van der Waals surface area contributed by atoms with Gasteiger partial charge in [-0.2, -0.15) is 5.10 Å². The van der Waals surface area contributed by atoms with E-state index in [-0.39, 0.29) is 0 Å². The first-order chi connectivity index (χ1) is 12.9. The Morgan fingerprint density at radius 1 is 0.885 bits per heavy atom. The lowest BCUT2D eigenvalue weighted by Gasteiger charge is -2.08. The highest BCUT2D eigenvalue weighted by Gasteiger charge is 2.02. The molecule has 2 aromatic heterocycles. The predicted molar refractivity (Wildman–Crippen MR) is 96.2 cm³/mol. The molecule has 2 aromatic carbocycles. The van der Waals surface area contributed by atoms with Crippen molar-refractivity contribution in [2.75, 3.05) is 6.61 Å². The maximum atomic E-state index is 5.87. The van der Waals surface area contributed by atoms with Gasteiger partial charge in [0, 0.05) is 18.2 Å². The van der Waals surface area contributed by atoms with E-state index in [0.717, 1.165) is 40.5 Å². The van der Waals surface area contributed by atoms with Crippen LogP contribution in [0.25, 0.3) is 11.3 Å². The van der Waals surface area contributed by atoms with Gasteiger partial charge in [0.05, 0.1) is 18.5 Å². The van der Waals surface area contributed by atoms with Crippen molar-refractivity contribution in [1.29, 1.82) is 0 Å². The molecular formula is C20H17N3O3. The van der Waals surface area contributed by atoms with Gasteiger partial charge in [-0.15, -0.1) is 0 Å². The number of aromatic nitrogens is 3. The van der Waals surface area contributed by atoms with Gasteiger partial charge in [-0.1, -0.05) is 5.16 Å². The van der Waals surface area contributed by atoms with Crippen molar-refractivity contribution >= 4 is 0 Å². The molecule has 0 saturated carbocycles. The standard InChI is InChI=1S/C20H17N3O3/c1-3-18(4-2-16(1)20-9-11-21-23-20)26-19-7-5-17(6-8-19)24-12-10-15-13-22-25-14-15/h1-9,11,13-14H,10,12H2,(H,21,23). The average Bonchev–Trinajstić information content (AvgIpc) is 3.38. The maximum absolute atomic E-state index is 5.87. The van der Waals surface area contributed by atoms with E-state index in [9.17, 15) is 0 Å². The van der Waals surface area contributed by atoms with E-state index in [2.05, 4.69) is 15.4 Å². The highest BCUT2D eigenvalue weighted by atomic mass is 16.5. The summed E-state index contributed by atoms with van der Waals surface area (Å²) in [5.74, 6) is 2.32. The van der Waals surface area contributed by atoms with Gasteiger partial charge in [-0.3, -0.25) is 5.10 Å². The van der Waals surface area contributed by atoms with Crippen molar-refractivity contribution in [3.05, 3.63) is 78.8 Å². The van der Waals surface area contributed by atoms with Crippen LogP contribution in [0.1, 0.15) is 5.56 Å². The van der Waals surface area contributed by atoms with Gasteiger partial charge in [-0.25, -0.2) is 0 Å². The number of H-pyrrole nitrogens is 1. The molecule has 6 nitrogen and oxygen atoms in total. The highest BCUT2D eigenvalue weighted by Crippen LogP contribution is 2.26. The number of benzene rings is 2. The quantitative estimate of drug-likeness (QED) is 0.534. The fraction of sp³-hybridized carbons (Fsp3) is 0.100. The van der Waals surface area contributed by atoms with Crippen molar-refractivity contribution in [2.45, 2.75) is 6.42 Å². The summed E-state index contributed by atoms with van der Waals surface area (Å²) in [4.78, 5) is 0. The minimum absolute atomic E-state index is 0.566. The molecule has 0 bridgehead atoms. The zero-order chi connectivity index (χ0) is 17.6. The molecule has 4 aromatic rings. The van der Waals surface area contributed by atoms with Crippen LogP contribution in [0.3, 0.4) is 0 Å². The third kappa shape index (κ3) is 3.92. The lowest BCUT2D eigenvalue weighted by Crippen LogP contribution is -2.00. The van der Waals surface area contributed by atoms with Gasteiger partial charge in [0.1, 0.15) is 23.5 Å². The first kappa shape index (κ1) is 16.0. The van der Waals surface area contributed by atoms with E-state index in [0.29, 0.717) is 6.61 Å². The molecule has 0 atom stereocenters. The number of hydrogen-bond donors (Lipinski definition) is 1. The number of aromatic amines is 1. The Labute approximate surface area is 150 Å². The van der Waals surface area contributed by atoms with E-state index < -0.39 is 0 Å². The number of ether oxygens (including phenoxy) is 2. The van der Waals surface area contributed by atoms with Gasteiger partial charge in [0.25, 0.3) is 0 Å². The number of rotatable bonds is 7. The maximum Gasteiger partial charge on any atom is 0.127 e. The van der Waals surface area contributed by atoms with E-state index in [1.165, 1.54) is 0 Å². The van der Waals surface area contributed by atoms with Gasteiger partial charge in [0.2, 0.25) is 0 Å². The fourth-order valence-corrected chi connectivity index (χ4v) is 2.50. The third-order valence-electron chi connectivity index (χ3n) is 3.87. The molecule has 0 radical (unpaired) electrons. The zero-order valence-corrected chi connectivity index (χ0v) is 14.0. The molecule has 4 rings (SSSR count). The molecular weight excluding hydrogens is 330 g/mol. The summed E-state index contributed by atoms with van der Waals surface area (Å²) >= 11 is 0. The minimum atomic E-state index is 0.566. The summed E-state index contributed by atoms with van der Waals surface area (Å²) in [6.45, 7) is 0.566. The van der Waals surface area contributed by atoms with E-state index in [1.807, 2.05) is 54.6 Å². The number of hydrogen-bond acceptors (Lipinski definition) is 5. The lowest BCUT2D eigenvalue weighted by atomic mass is 10.1. The Morgan fingerprint density at radius 2 is 1.62 bits per heavy atom.